The molecule has 2 N–H and O–H groups in total. The molecule has 0 aromatic carbocycles. The van der Waals surface area contributed by atoms with Crippen LogP contribution in [0.3, 0.4) is 0 Å². The van der Waals surface area contributed by atoms with Crippen molar-refractivity contribution in [3.05, 3.63) is 0 Å². The largest absolute Gasteiger partial charge is 0.460 e. The van der Waals surface area contributed by atoms with Crippen molar-refractivity contribution in [1.82, 2.24) is 0 Å². The molecule has 1 saturated carbocycles. The Balaban J connectivity index is 2.17. The van der Waals surface area contributed by atoms with E-state index in [0.717, 1.165) is 19.3 Å². The van der Waals surface area contributed by atoms with E-state index in [2.05, 4.69) is 0 Å². The minimum Gasteiger partial charge on any atom is -0.460 e. The molecule has 3 nitrogen and oxygen atoms in total. The van der Waals surface area contributed by atoms with Gasteiger partial charge in [0.1, 0.15) is 5.60 Å². The number of carbonyl (C=O) groups is 1. The number of esters is 1. The highest BCUT2D eigenvalue weighted by Gasteiger charge is 2.21. The minimum absolute atomic E-state index is 0.0672. The molecule has 1 fully saturated rings. The summed E-state index contributed by atoms with van der Waals surface area (Å²) in [5.41, 5.74) is 5.49. The van der Waals surface area contributed by atoms with Crippen molar-refractivity contribution in [2.45, 2.75) is 70.9 Å². The van der Waals surface area contributed by atoms with Gasteiger partial charge in [-0.3, -0.25) is 4.79 Å². The monoisotopic (exact) mass is 227 g/mol. The van der Waals surface area contributed by atoms with Crippen molar-refractivity contribution in [3.8, 4) is 0 Å². The first-order chi connectivity index (χ1) is 7.37. The second kappa shape index (κ2) is 5.67. The van der Waals surface area contributed by atoms with Gasteiger partial charge in [0.05, 0.1) is 0 Å². The zero-order valence-electron chi connectivity index (χ0n) is 10.8. The van der Waals surface area contributed by atoms with Gasteiger partial charge in [-0.25, -0.2) is 0 Å². The molecule has 1 aliphatic rings. The van der Waals surface area contributed by atoms with Gasteiger partial charge in [-0.05, 0) is 58.8 Å². The van der Waals surface area contributed by atoms with E-state index in [0.29, 0.717) is 18.4 Å². The zero-order chi connectivity index (χ0) is 12.2. The lowest BCUT2D eigenvalue weighted by Crippen LogP contribution is -2.27. The van der Waals surface area contributed by atoms with E-state index < -0.39 is 0 Å². The first kappa shape index (κ1) is 13.5. The van der Waals surface area contributed by atoms with Crippen molar-refractivity contribution < 1.29 is 9.53 Å². The zero-order valence-corrected chi connectivity index (χ0v) is 10.8. The van der Waals surface area contributed by atoms with E-state index in [-0.39, 0.29) is 11.6 Å². The molecular weight excluding hydrogens is 202 g/mol. The summed E-state index contributed by atoms with van der Waals surface area (Å²) >= 11 is 0. The van der Waals surface area contributed by atoms with E-state index in [1.807, 2.05) is 20.8 Å². The van der Waals surface area contributed by atoms with Gasteiger partial charge in [0, 0.05) is 12.5 Å². The van der Waals surface area contributed by atoms with Gasteiger partial charge >= 0.3 is 5.97 Å². The van der Waals surface area contributed by atoms with Crippen LogP contribution in [-0.2, 0) is 9.53 Å². The van der Waals surface area contributed by atoms with Crippen LogP contribution in [0.5, 0.6) is 0 Å². The molecule has 0 spiro atoms. The van der Waals surface area contributed by atoms with Gasteiger partial charge in [0.15, 0.2) is 0 Å². The lowest BCUT2D eigenvalue weighted by atomic mass is 9.84. The Kier molecular flexibility index (Phi) is 4.78. The number of rotatable bonds is 3. The van der Waals surface area contributed by atoms with Crippen LogP contribution in [0, 0.1) is 5.92 Å². The molecule has 0 amide bonds. The SMILES string of the molecule is CC(C)(C)OC(=O)CC[C@H]1CC[C@H](N)CC1. The van der Waals surface area contributed by atoms with Crippen molar-refractivity contribution in [2.75, 3.05) is 0 Å². The van der Waals surface area contributed by atoms with Crippen LogP contribution < -0.4 is 5.73 Å². The Morgan fingerprint density at radius 2 is 1.81 bits per heavy atom. The number of ether oxygens (including phenoxy) is 1. The van der Waals surface area contributed by atoms with Gasteiger partial charge in [-0.15, -0.1) is 0 Å². The van der Waals surface area contributed by atoms with Crippen LogP contribution in [-0.4, -0.2) is 17.6 Å². The highest BCUT2D eigenvalue weighted by atomic mass is 16.6. The summed E-state index contributed by atoms with van der Waals surface area (Å²) in [7, 11) is 0. The molecule has 0 unspecified atom stereocenters. The van der Waals surface area contributed by atoms with Crippen molar-refractivity contribution in [1.29, 1.82) is 0 Å². The summed E-state index contributed by atoms with van der Waals surface area (Å²) in [6.45, 7) is 5.72. The minimum atomic E-state index is -0.355. The van der Waals surface area contributed by atoms with Crippen LogP contribution in [0.2, 0.25) is 0 Å². The van der Waals surface area contributed by atoms with Gasteiger partial charge in [-0.2, -0.15) is 0 Å². The van der Waals surface area contributed by atoms with Crippen LogP contribution >= 0.6 is 0 Å². The standard InChI is InChI=1S/C13H25NO2/c1-13(2,3)16-12(15)9-6-10-4-7-11(14)8-5-10/h10-11H,4-9,14H2,1-3H3/t10-,11-. The van der Waals surface area contributed by atoms with Gasteiger partial charge in [0.2, 0.25) is 0 Å². The van der Waals surface area contributed by atoms with E-state index in [4.69, 9.17) is 10.5 Å². The molecule has 94 valence electrons. The second-order valence-electron chi connectivity index (χ2n) is 5.91. The Bertz CT molecular complexity index is 225. The number of hydrogen-bond donors (Lipinski definition) is 1. The van der Waals surface area contributed by atoms with Crippen LogP contribution in [0.1, 0.15) is 59.3 Å². The maximum atomic E-state index is 11.5. The molecule has 0 heterocycles. The summed E-state index contributed by atoms with van der Waals surface area (Å²) in [5.74, 6) is 0.606. The maximum Gasteiger partial charge on any atom is 0.306 e. The molecule has 0 atom stereocenters. The van der Waals surface area contributed by atoms with Crippen molar-refractivity contribution >= 4 is 5.97 Å². The third kappa shape index (κ3) is 5.50. The molecular formula is C13H25NO2. The fourth-order valence-electron chi connectivity index (χ4n) is 2.19. The molecule has 16 heavy (non-hydrogen) atoms. The fourth-order valence-corrected chi connectivity index (χ4v) is 2.19. The number of hydrogen-bond acceptors (Lipinski definition) is 3. The van der Waals surface area contributed by atoms with E-state index in [1.54, 1.807) is 0 Å². The summed E-state index contributed by atoms with van der Waals surface area (Å²) in [6, 6.07) is 0.387. The average Bonchev–Trinajstić information content (AvgIpc) is 2.14. The van der Waals surface area contributed by atoms with Crippen LogP contribution in [0.15, 0.2) is 0 Å². The molecule has 1 rings (SSSR count). The second-order valence-corrected chi connectivity index (χ2v) is 5.91. The van der Waals surface area contributed by atoms with Crippen molar-refractivity contribution in [3.63, 3.8) is 0 Å². The molecule has 0 saturated heterocycles. The van der Waals surface area contributed by atoms with E-state index >= 15 is 0 Å². The molecule has 3 heteroatoms. The number of carbonyl (C=O) groups excluding carboxylic acids is 1. The predicted molar refractivity (Wildman–Crippen MR) is 65.0 cm³/mol. The molecule has 0 aromatic heterocycles. The topological polar surface area (TPSA) is 52.3 Å². The Morgan fingerprint density at radius 1 is 1.25 bits per heavy atom. The lowest BCUT2D eigenvalue weighted by Gasteiger charge is -2.26. The van der Waals surface area contributed by atoms with Gasteiger partial charge in [-0.1, -0.05) is 0 Å². The molecule has 1 aliphatic carbocycles. The Morgan fingerprint density at radius 3 is 2.31 bits per heavy atom. The maximum absolute atomic E-state index is 11.5. The number of nitrogens with two attached hydrogens (primary N) is 1. The first-order valence-corrected chi connectivity index (χ1v) is 6.34. The predicted octanol–water partition coefficient (Wildman–Crippen LogP) is 2.63. The van der Waals surface area contributed by atoms with Gasteiger partial charge in [0.25, 0.3) is 0 Å². The van der Waals surface area contributed by atoms with Crippen LogP contribution in [0.25, 0.3) is 0 Å². The quantitative estimate of drug-likeness (QED) is 0.754. The Labute approximate surface area is 98.7 Å². The summed E-state index contributed by atoms with van der Waals surface area (Å²) in [4.78, 5) is 11.5. The summed E-state index contributed by atoms with van der Waals surface area (Å²) < 4.78 is 5.29. The van der Waals surface area contributed by atoms with Crippen molar-refractivity contribution in [2.24, 2.45) is 11.7 Å². The third-order valence-electron chi connectivity index (χ3n) is 3.07. The Hall–Kier alpha value is -0.570. The third-order valence-corrected chi connectivity index (χ3v) is 3.07. The summed E-state index contributed by atoms with van der Waals surface area (Å²) in [5, 5.41) is 0. The first-order valence-electron chi connectivity index (χ1n) is 6.34. The molecule has 0 aromatic rings. The van der Waals surface area contributed by atoms with Crippen LogP contribution in [0.4, 0.5) is 0 Å². The molecule has 0 bridgehead atoms. The molecule has 0 aliphatic heterocycles. The highest BCUT2D eigenvalue weighted by Crippen LogP contribution is 2.27. The summed E-state index contributed by atoms with van der Waals surface area (Å²) in [6.07, 6.45) is 6.07. The normalized spacial score (nSPS) is 26.5. The molecule has 0 radical (unpaired) electrons. The highest BCUT2D eigenvalue weighted by molar-refractivity contribution is 5.69. The fraction of sp³-hybridized carbons (Fsp3) is 0.923. The van der Waals surface area contributed by atoms with Gasteiger partial charge < -0.3 is 10.5 Å². The van der Waals surface area contributed by atoms with E-state index in [9.17, 15) is 4.79 Å². The smallest absolute Gasteiger partial charge is 0.306 e. The van der Waals surface area contributed by atoms with E-state index in [1.165, 1.54) is 12.8 Å². The average molecular weight is 227 g/mol. The lowest BCUT2D eigenvalue weighted by molar-refractivity contribution is -0.155.